The van der Waals surface area contributed by atoms with Gasteiger partial charge in [0.15, 0.2) is 0 Å². The Balaban J connectivity index is 0.000000218. The van der Waals surface area contributed by atoms with E-state index in [4.69, 9.17) is 0 Å². The zero-order valence-electron chi connectivity index (χ0n) is 7.54. The topological polar surface area (TPSA) is 0 Å². The molecule has 0 unspecified atom stereocenters. The van der Waals surface area contributed by atoms with E-state index in [1.807, 2.05) is 42.9 Å². The Labute approximate surface area is 77.4 Å². The molecule has 0 nitrogen and oxygen atoms in total. The van der Waals surface area contributed by atoms with Crippen LogP contribution < -0.4 is 0 Å². The third-order valence-electron chi connectivity index (χ3n) is 0.778. The minimum absolute atomic E-state index is 0.543. The molecular weight excluding hydrogens is 239 g/mol. The monoisotopic (exact) mass is 256 g/mol. The summed E-state index contributed by atoms with van der Waals surface area (Å²) < 4.78 is 0. The summed E-state index contributed by atoms with van der Waals surface area (Å²) in [6.45, 7) is 0. The van der Waals surface area contributed by atoms with Crippen LogP contribution in [0.4, 0.5) is 0 Å². The van der Waals surface area contributed by atoms with Crippen LogP contribution in [-0.4, -0.2) is 19.8 Å². The molecule has 0 N–H and O–H groups in total. The first kappa shape index (κ1) is 10.9. The second-order valence-electron chi connectivity index (χ2n) is 2.85. The maximum atomic E-state index is 2.36. The standard InChI is InChI=1S/C7H7.3CH3.Sn/c1-2-4-6-7-5-3-1;;;;/h1-7H;3*1H3;/q-1;;;;. The molecule has 0 aromatic heterocycles. The van der Waals surface area contributed by atoms with Crippen molar-refractivity contribution in [2.24, 2.45) is 0 Å². The van der Waals surface area contributed by atoms with Gasteiger partial charge in [0.05, 0.1) is 0 Å². The number of hydrogen-bond donors (Lipinski definition) is 0. The summed E-state index contributed by atoms with van der Waals surface area (Å²) in [5.74, 6) is 0. The Kier molecular flexibility index (Phi) is 7.91. The fourth-order valence-corrected chi connectivity index (χ4v) is 0.449. The SMILES string of the molecule is C1=CC=C[CH-]C=C1.[CH3][Sn]([CH3])[CH3]. The van der Waals surface area contributed by atoms with Crippen molar-refractivity contribution < 1.29 is 0 Å². The third kappa shape index (κ3) is 13.0. The molecule has 0 saturated carbocycles. The summed E-state index contributed by atoms with van der Waals surface area (Å²) in [5.41, 5.74) is 0. The van der Waals surface area contributed by atoms with Gasteiger partial charge < -0.3 is 0 Å². The summed E-state index contributed by atoms with van der Waals surface area (Å²) in [6, 6.07) is 0. The van der Waals surface area contributed by atoms with Gasteiger partial charge in [-0.2, -0.15) is 30.7 Å². The van der Waals surface area contributed by atoms with E-state index in [0.717, 1.165) is 0 Å². The molecule has 0 heterocycles. The molecule has 0 aromatic rings. The van der Waals surface area contributed by atoms with Gasteiger partial charge in [-0.05, 0) is 0 Å². The summed E-state index contributed by atoms with van der Waals surface area (Å²) in [5, 5.41) is 0. The van der Waals surface area contributed by atoms with Gasteiger partial charge in [0, 0.05) is 0 Å². The molecule has 1 aliphatic carbocycles. The van der Waals surface area contributed by atoms with E-state index >= 15 is 0 Å². The average Bonchev–Trinajstić information content (AvgIpc) is 2.13. The third-order valence-corrected chi connectivity index (χ3v) is 0.778. The Morgan fingerprint density at radius 1 is 0.818 bits per heavy atom. The van der Waals surface area contributed by atoms with Crippen molar-refractivity contribution in [2.45, 2.75) is 14.8 Å². The minimum atomic E-state index is -0.543. The van der Waals surface area contributed by atoms with Crippen LogP contribution >= 0.6 is 0 Å². The Hall–Kier alpha value is -0.111. The van der Waals surface area contributed by atoms with Crippen molar-refractivity contribution in [2.75, 3.05) is 0 Å². The van der Waals surface area contributed by atoms with Crippen LogP contribution in [0.15, 0.2) is 36.5 Å². The van der Waals surface area contributed by atoms with Crippen LogP contribution in [0.25, 0.3) is 0 Å². The van der Waals surface area contributed by atoms with Crippen LogP contribution in [-0.2, 0) is 0 Å². The van der Waals surface area contributed by atoms with Crippen LogP contribution in [0.2, 0.25) is 14.8 Å². The number of rotatable bonds is 0. The Morgan fingerprint density at radius 2 is 1.18 bits per heavy atom. The van der Waals surface area contributed by atoms with Crippen molar-refractivity contribution in [3.63, 3.8) is 0 Å². The molecule has 0 amide bonds. The molecular formula is C10H16Sn-. The van der Waals surface area contributed by atoms with E-state index in [9.17, 15) is 0 Å². The van der Waals surface area contributed by atoms with Gasteiger partial charge in [0.1, 0.15) is 0 Å². The quantitative estimate of drug-likeness (QED) is 0.460. The van der Waals surface area contributed by atoms with E-state index in [1.54, 1.807) is 0 Å². The van der Waals surface area contributed by atoms with Crippen LogP contribution in [0, 0.1) is 6.42 Å². The number of hydrogen-bond acceptors (Lipinski definition) is 0. The fourth-order valence-electron chi connectivity index (χ4n) is 0.449. The summed E-state index contributed by atoms with van der Waals surface area (Å²) in [4.78, 5) is 7.09. The summed E-state index contributed by atoms with van der Waals surface area (Å²) in [7, 11) is 0. The molecule has 0 atom stereocenters. The first-order valence-corrected chi connectivity index (χ1v) is 12.4. The fraction of sp³-hybridized carbons (Fsp3) is 0.300. The first-order valence-electron chi connectivity index (χ1n) is 3.83. The zero-order valence-corrected chi connectivity index (χ0v) is 10.4. The predicted octanol–water partition coefficient (Wildman–Crippen LogP) is 3.24. The second kappa shape index (κ2) is 7.99. The van der Waals surface area contributed by atoms with Gasteiger partial charge in [-0.15, -0.1) is 12.2 Å². The molecule has 11 heavy (non-hydrogen) atoms. The van der Waals surface area contributed by atoms with Crippen molar-refractivity contribution in [3.8, 4) is 0 Å². The molecule has 1 radical (unpaired) electrons. The molecule has 61 valence electrons. The van der Waals surface area contributed by atoms with E-state index in [1.165, 1.54) is 0 Å². The molecule has 0 spiro atoms. The molecule has 0 fully saturated rings. The Bertz CT molecular complexity index is 136. The van der Waals surface area contributed by atoms with Gasteiger partial charge >= 0.3 is 34.6 Å². The van der Waals surface area contributed by atoms with Crippen molar-refractivity contribution in [3.05, 3.63) is 42.9 Å². The molecule has 1 heteroatoms. The Morgan fingerprint density at radius 3 is 1.55 bits per heavy atom. The van der Waals surface area contributed by atoms with Crippen molar-refractivity contribution >= 4 is 19.8 Å². The second-order valence-corrected chi connectivity index (χ2v) is 11.4. The molecule has 1 aliphatic rings. The molecule has 0 bridgehead atoms. The van der Waals surface area contributed by atoms with E-state index in [2.05, 4.69) is 14.8 Å². The van der Waals surface area contributed by atoms with Crippen molar-refractivity contribution in [1.29, 1.82) is 0 Å². The van der Waals surface area contributed by atoms with Gasteiger partial charge in [-0.25, -0.2) is 0 Å². The van der Waals surface area contributed by atoms with Gasteiger partial charge in [-0.3, -0.25) is 0 Å². The van der Waals surface area contributed by atoms with E-state index < -0.39 is 19.8 Å². The molecule has 1 rings (SSSR count). The van der Waals surface area contributed by atoms with E-state index in [0.29, 0.717) is 0 Å². The zero-order chi connectivity index (χ0) is 8.53. The van der Waals surface area contributed by atoms with Crippen LogP contribution in [0.5, 0.6) is 0 Å². The van der Waals surface area contributed by atoms with Crippen molar-refractivity contribution in [1.82, 2.24) is 0 Å². The van der Waals surface area contributed by atoms with Gasteiger partial charge in [0.2, 0.25) is 0 Å². The molecule has 0 aromatic carbocycles. The molecule has 0 aliphatic heterocycles. The summed E-state index contributed by atoms with van der Waals surface area (Å²) in [6.07, 6.45) is 14.0. The summed E-state index contributed by atoms with van der Waals surface area (Å²) >= 11 is -0.543. The van der Waals surface area contributed by atoms with Gasteiger partial charge in [-0.1, -0.05) is 0 Å². The maximum absolute atomic E-state index is 2.36. The number of allylic oxidation sites excluding steroid dienone is 6. The normalized spacial score (nSPS) is 13.5. The van der Waals surface area contributed by atoms with Crippen LogP contribution in [0.3, 0.4) is 0 Å². The van der Waals surface area contributed by atoms with E-state index in [-0.39, 0.29) is 0 Å². The van der Waals surface area contributed by atoms with Crippen LogP contribution in [0.1, 0.15) is 0 Å². The average molecular weight is 255 g/mol. The first-order chi connectivity index (χ1) is 5.23. The molecule has 0 saturated heterocycles. The predicted molar refractivity (Wildman–Crippen MR) is 55.1 cm³/mol. The van der Waals surface area contributed by atoms with Gasteiger partial charge in [0.25, 0.3) is 0 Å².